The lowest BCUT2D eigenvalue weighted by Gasteiger charge is -2.34. The Morgan fingerprint density at radius 3 is 2.85 bits per heavy atom. The highest BCUT2D eigenvalue weighted by Crippen LogP contribution is 2.41. The summed E-state index contributed by atoms with van der Waals surface area (Å²) in [4.78, 5) is 25.2. The summed E-state index contributed by atoms with van der Waals surface area (Å²) >= 11 is 3.52. The molecule has 5 nitrogen and oxygen atoms in total. The molecule has 0 spiro atoms. The zero-order valence-corrected chi connectivity index (χ0v) is 18.1. The van der Waals surface area contributed by atoms with Crippen molar-refractivity contribution in [2.75, 3.05) is 6.54 Å². The van der Waals surface area contributed by atoms with E-state index in [1.165, 1.54) is 0 Å². The maximum absolute atomic E-state index is 12.7. The van der Waals surface area contributed by atoms with Crippen molar-refractivity contribution in [3.8, 4) is 5.75 Å². The van der Waals surface area contributed by atoms with Crippen LogP contribution in [0.15, 0.2) is 16.6 Å². The Labute approximate surface area is 169 Å². The predicted molar refractivity (Wildman–Crippen MR) is 109 cm³/mol. The van der Waals surface area contributed by atoms with Gasteiger partial charge in [-0.2, -0.15) is 0 Å². The molecule has 2 aliphatic rings. The summed E-state index contributed by atoms with van der Waals surface area (Å²) in [6.07, 6.45) is 3.79. The van der Waals surface area contributed by atoms with E-state index >= 15 is 0 Å². The van der Waals surface area contributed by atoms with Crippen LogP contribution in [0, 0.1) is 11.8 Å². The first kappa shape index (κ1) is 20.2. The molecule has 2 heterocycles. The van der Waals surface area contributed by atoms with Crippen LogP contribution in [-0.2, 0) is 11.2 Å². The second-order valence-electron chi connectivity index (χ2n) is 8.50. The molecule has 2 N–H and O–H groups in total. The molecule has 27 heavy (non-hydrogen) atoms. The van der Waals surface area contributed by atoms with Gasteiger partial charge in [0, 0.05) is 30.1 Å². The SMILES string of the molecule is CCCC1CC(C)NC(=O)C1CNC(=O)c1cc(Br)c2c(c1)CC(C)(C)O2. The summed E-state index contributed by atoms with van der Waals surface area (Å²) in [6.45, 7) is 8.63. The second kappa shape index (κ2) is 7.82. The van der Waals surface area contributed by atoms with Crippen LogP contribution in [0.4, 0.5) is 0 Å². The van der Waals surface area contributed by atoms with Gasteiger partial charge in [0.05, 0.1) is 10.4 Å². The lowest BCUT2D eigenvalue weighted by Crippen LogP contribution is -2.51. The van der Waals surface area contributed by atoms with Crippen molar-refractivity contribution in [2.24, 2.45) is 11.8 Å². The van der Waals surface area contributed by atoms with Gasteiger partial charge in [-0.05, 0) is 67.6 Å². The van der Waals surface area contributed by atoms with Gasteiger partial charge < -0.3 is 15.4 Å². The van der Waals surface area contributed by atoms with Crippen LogP contribution < -0.4 is 15.4 Å². The van der Waals surface area contributed by atoms with E-state index in [4.69, 9.17) is 4.74 Å². The Hall–Kier alpha value is -1.56. The van der Waals surface area contributed by atoms with Crippen LogP contribution in [0.3, 0.4) is 0 Å². The number of hydrogen-bond donors (Lipinski definition) is 2. The molecule has 0 aromatic heterocycles. The van der Waals surface area contributed by atoms with E-state index in [1.54, 1.807) is 6.07 Å². The summed E-state index contributed by atoms with van der Waals surface area (Å²) in [5.41, 5.74) is 1.37. The number of amides is 2. The average Bonchev–Trinajstić information content (AvgIpc) is 2.88. The van der Waals surface area contributed by atoms with Crippen molar-refractivity contribution in [3.63, 3.8) is 0 Å². The van der Waals surface area contributed by atoms with E-state index in [2.05, 4.69) is 33.5 Å². The molecule has 2 amide bonds. The molecule has 1 fully saturated rings. The molecule has 3 rings (SSSR count). The fourth-order valence-electron chi connectivity index (χ4n) is 4.29. The lowest BCUT2D eigenvalue weighted by molar-refractivity contribution is -0.129. The third-order valence-electron chi connectivity index (χ3n) is 5.47. The smallest absolute Gasteiger partial charge is 0.251 e. The molecule has 1 aromatic rings. The zero-order chi connectivity index (χ0) is 19.8. The van der Waals surface area contributed by atoms with Crippen LogP contribution in [-0.4, -0.2) is 30.0 Å². The van der Waals surface area contributed by atoms with Crippen LogP contribution in [0.2, 0.25) is 0 Å². The van der Waals surface area contributed by atoms with Crippen molar-refractivity contribution in [3.05, 3.63) is 27.7 Å². The fourth-order valence-corrected chi connectivity index (χ4v) is 4.88. The molecular weight excluding hydrogens is 408 g/mol. The standard InChI is InChI=1S/C21H29BrN2O3/c1-5-6-13-7-12(2)24-20(26)16(13)11-23-19(25)14-8-15-10-21(3,4)27-18(15)17(22)9-14/h8-9,12-13,16H,5-7,10-11H2,1-4H3,(H,23,25)(H,24,26). The summed E-state index contributed by atoms with van der Waals surface area (Å²) in [5.74, 6) is 0.883. The molecule has 0 radical (unpaired) electrons. The van der Waals surface area contributed by atoms with Gasteiger partial charge in [-0.1, -0.05) is 13.3 Å². The summed E-state index contributed by atoms with van der Waals surface area (Å²) in [7, 11) is 0. The number of hydrogen-bond acceptors (Lipinski definition) is 3. The number of rotatable bonds is 5. The molecule has 1 saturated heterocycles. The normalized spacial score (nSPS) is 26.1. The Bertz CT molecular complexity index is 747. The van der Waals surface area contributed by atoms with Crippen LogP contribution >= 0.6 is 15.9 Å². The monoisotopic (exact) mass is 436 g/mol. The number of carbonyl (C=O) groups excluding carboxylic acids is 2. The number of carbonyl (C=O) groups is 2. The Kier molecular flexibility index (Phi) is 5.84. The van der Waals surface area contributed by atoms with E-state index in [0.29, 0.717) is 18.0 Å². The first-order chi connectivity index (χ1) is 12.7. The highest BCUT2D eigenvalue weighted by atomic mass is 79.9. The zero-order valence-electron chi connectivity index (χ0n) is 16.5. The van der Waals surface area contributed by atoms with E-state index in [0.717, 1.165) is 41.5 Å². The Morgan fingerprint density at radius 2 is 2.15 bits per heavy atom. The lowest BCUT2D eigenvalue weighted by atomic mass is 9.80. The predicted octanol–water partition coefficient (Wildman–Crippen LogP) is 3.83. The molecule has 3 unspecified atom stereocenters. The van der Waals surface area contributed by atoms with E-state index in [-0.39, 0.29) is 29.4 Å². The Morgan fingerprint density at radius 1 is 1.41 bits per heavy atom. The van der Waals surface area contributed by atoms with Crippen molar-refractivity contribution >= 4 is 27.7 Å². The molecule has 0 saturated carbocycles. The van der Waals surface area contributed by atoms with Crippen LogP contribution in [0.1, 0.15) is 62.9 Å². The number of halogens is 1. The molecule has 3 atom stereocenters. The molecule has 6 heteroatoms. The maximum atomic E-state index is 12.7. The van der Waals surface area contributed by atoms with E-state index in [9.17, 15) is 9.59 Å². The van der Waals surface area contributed by atoms with Gasteiger partial charge in [-0.3, -0.25) is 9.59 Å². The van der Waals surface area contributed by atoms with Gasteiger partial charge in [0.15, 0.2) is 0 Å². The van der Waals surface area contributed by atoms with Crippen molar-refractivity contribution < 1.29 is 14.3 Å². The number of fused-ring (bicyclic) bond motifs is 1. The largest absolute Gasteiger partial charge is 0.486 e. The van der Waals surface area contributed by atoms with Gasteiger partial charge in [0.25, 0.3) is 5.91 Å². The topological polar surface area (TPSA) is 67.4 Å². The summed E-state index contributed by atoms with van der Waals surface area (Å²) in [5, 5.41) is 6.00. The fraction of sp³-hybridized carbons (Fsp3) is 0.619. The highest BCUT2D eigenvalue weighted by Gasteiger charge is 2.35. The third kappa shape index (κ3) is 4.48. The van der Waals surface area contributed by atoms with Gasteiger partial charge in [-0.15, -0.1) is 0 Å². The van der Waals surface area contributed by atoms with E-state index < -0.39 is 0 Å². The van der Waals surface area contributed by atoms with Gasteiger partial charge in [0.1, 0.15) is 11.4 Å². The molecule has 0 aliphatic carbocycles. The first-order valence-corrected chi connectivity index (χ1v) is 10.6. The minimum Gasteiger partial charge on any atom is -0.486 e. The van der Waals surface area contributed by atoms with Crippen molar-refractivity contribution in [2.45, 2.75) is 65.0 Å². The maximum Gasteiger partial charge on any atom is 0.251 e. The number of ether oxygens (including phenoxy) is 1. The van der Waals surface area contributed by atoms with Crippen LogP contribution in [0.25, 0.3) is 0 Å². The third-order valence-corrected chi connectivity index (χ3v) is 6.06. The molecule has 1 aromatic carbocycles. The minimum absolute atomic E-state index is 0.0535. The Balaban J connectivity index is 1.69. The second-order valence-corrected chi connectivity index (χ2v) is 9.35. The van der Waals surface area contributed by atoms with Crippen molar-refractivity contribution in [1.29, 1.82) is 0 Å². The van der Waals surface area contributed by atoms with Crippen molar-refractivity contribution in [1.82, 2.24) is 10.6 Å². The van der Waals surface area contributed by atoms with Gasteiger partial charge in [0.2, 0.25) is 5.91 Å². The van der Waals surface area contributed by atoms with E-state index in [1.807, 2.05) is 26.8 Å². The first-order valence-electron chi connectivity index (χ1n) is 9.80. The minimum atomic E-state index is -0.260. The molecule has 2 aliphatic heterocycles. The van der Waals surface area contributed by atoms with Crippen LogP contribution in [0.5, 0.6) is 5.75 Å². The highest BCUT2D eigenvalue weighted by molar-refractivity contribution is 9.10. The number of piperidine rings is 1. The van der Waals surface area contributed by atoms with Gasteiger partial charge >= 0.3 is 0 Å². The average molecular weight is 437 g/mol. The number of nitrogens with one attached hydrogen (secondary N) is 2. The van der Waals surface area contributed by atoms with Gasteiger partial charge in [-0.25, -0.2) is 0 Å². The quantitative estimate of drug-likeness (QED) is 0.736. The molecular formula is C21H29BrN2O3. The molecule has 148 valence electrons. The number of benzene rings is 1. The summed E-state index contributed by atoms with van der Waals surface area (Å²) in [6, 6.07) is 3.90. The molecule has 0 bridgehead atoms. The summed E-state index contributed by atoms with van der Waals surface area (Å²) < 4.78 is 6.74.